The molecule has 2 aromatic heterocycles. The van der Waals surface area contributed by atoms with Crippen molar-refractivity contribution in [3.63, 3.8) is 0 Å². The lowest BCUT2D eigenvalue weighted by molar-refractivity contribution is 0.0697. The summed E-state index contributed by atoms with van der Waals surface area (Å²) in [7, 11) is 1.69. The van der Waals surface area contributed by atoms with Crippen molar-refractivity contribution in [3.8, 4) is 0 Å². The van der Waals surface area contributed by atoms with Crippen molar-refractivity contribution >= 4 is 34.5 Å². The van der Waals surface area contributed by atoms with E-state index < -0.39 is 5.97 Å². The number of pyridine rings is 1. The van der Waals surface area contributed by atoms with Crippen LogP contribution in [0.4, 0.5) is 11.5 Å². The quantitative estimate of drug-likeness (QED) is 0.322. The van der Waals surface area contributed by atoms with Gasteiger partial charge < -0.3 is 19.7 Å². The highest BCUT2D eigenvalue weighted by Gasteiger charge is 2.26. The molecule has 4 aromatic rings. The van der Waals surface area contributed by atoms with Crippen LogP contribution in [0.1, 0.15) is 45.8 Å². The van der Waals surface area contributed by atoms with E-state index >= 15 is 0 Å². The van der Waals surface area contributed by atoms with E-state index in [4.69, 9.17) is 4.74 Å². The van der Waals surface area contributed by atoms with Gasteiger partial charge >= 0.3 is 5.97 Å². The number of carboxylic acid groups (broad SMARTS) is 1. The van der Waals surface area contributed by atoms with Crippen molar-refractivity contribution < 1.29 is 14.6 Å². The molecule has 0 spiro atoms. The van der Waals surface area contributed by atoms with Gasteiger partial charge in [0, 0.05) is 42.6 Å². The monoisotopic (exact) mass is 453 g/mol. The summed E-state index contributed by atoms with van der Waals surface area (Å²) in [6.07, 6.45) is 10.2. The van der Waals surface area contributed by atoms with E-state index in [2.05, 4.69) is 63.5 Å². The zero-order valence-corrected chi connectivity index (χ0v) is 19.1. The van der Waals surface area contributed by atoms with Gasteiger partial charge in [-0.25, -0.2) is 9.78 Å². The number of benzene rings is 2. The molecule has 34 heavy (non-hydrogen) atoms. The minimum Gasteiger partial charge on any atom is -0.478 e. The first kappa shape index (κ1) is 21.9. The highest BCUT2D eigenvalue weighted by molar-refractivity contribution is 5.95. The Morgan fingerprint density at radius 1 is 1.21 bits per heavy atom. The second-order valence-electron chi connectivity index (χ2n) is 8.69. The fraction of sp³-hybridized carbons (Fsp3) is 0.214. The van der Waals surface area contributed by atoms with Crippen LogP contribution in [0.15, 0.2) is 73.1 Å². The Morgan fingerprint density at radius 2 is 2.09 bits per heavy atom. The van der Waals surface area contributed by atoms with Crippen LogP contribution in [0.3, 0.4) is 0 Å². The van der Waals surface area contributed by atoms with E-state index in [9.17, 15) is 9.90 Å². The molecule has 6 nitrogen and oxygen atoms in total. The third-order valence-electron chi connectivity index (χ3n) is 6.10. The van der Waals surface area contributed by atoms with E-state index in [1.165, 1.54) is 5.56 Å². The molecular formula is C28H27N3O3. The third kappa shape index (κ3) is 4.87. The molecule has 172 valence electrons. The number of fused-ring (bicyclic) bond motifs is 1. The normalized spacial score (nSPS) is 13.6. The molecule has 1 aliphatic carbocycles. The van der Waals surface area contributed by atoms with Crippen LogP contribution >= 0.6 is 0 Å². The number of nitrogens with one attached hydrogen (secondary N) is 1. The topological polar surface area (TPSA) is 76.4 Å². The number of anilines is 2. The van der Waals surface area contributed by atoms with Gasteiger partial charge in [0.2, 0.25) is 0 Å². The molecule has 2 N–H and O–H groups in total. The number of nitrogens with zero attached hydrogens (tertiary/aromatic N) is 2. The van der Waals surface area contributed by atoms with Gasteiger partial charge in [0.1, 0.15) is 11.4 Å². The summed E-state index contributed by atoms with van der Waals surface area (Å²) in [5.41, 5.74) is 5.50. The second-order valence-corrected chi connectivity index (χ2v) is 8.69. The minimum absolute atomic E-state index is 0.210. The van der Waals surface area contributed by atoms with Crippen LogP contribution in [-0.2, 0) is 11.3 Å². The molecule has 0 saturated heterocycles. The van der Waals surface area contributed by atoms with Gasteiger partial charge in [-0.3, -0.25) is 0 Å². The Kier molecular flexibility index (Phi) is 6.14. The Bertz CT molecular complexity index is 1370. The molecule has 0 unspecified atom stereocenters. The van der Waals surface area contributed by atoms with E-state index in [1.807, 2.05) is 18.2 Å². The molecule has 0 aliphatic heterocycles. The van der Waals surface area contributed by atoms with Crippen molar-refractivity contribution in [1.29, 1.82) is 0 Å². The van der Waals surface area contributed by atoms with Gasteiger partial charge in [-0.05, 0) is 71.8 Å². The van der Waals surface area contributed by atoms with Crippen LogP contribution < -0.4 is 5.32 Å². The van der Waals surface area contributed by atoms with Crippen molar-refractivity contribution in [1.82, 2.24) is 9.55 Å². The van der Waals surface area contributed by atoms with Crippen molar-refractivity contribution in [2.24, 2.45) is 0 Å². The number of hydrogen-bond acceptors (Lipinski definition) is 4. The first-order chi connectivity index (χ1) is 16.6. The van der Waals surface area contributed by atoms with Crippen LogP contribution in [0.25, 0.3) is 17.0 Å². The first-order valence-corrected chi connectivity index (χ1v) is 11.4. The zero-order chi connectivity index (χ0) is 23.5. The van der Waals surface area contributed by atoms with E-state index in [0.29, 0.717) is 18.3 Å². The van der Waals surface area contributed by atoms with E-state index in [1.54, 1.807) is 19.4 Å². The molecule has 0 radical (unpaired) electrons. The number of methoxy groups -OCH3 is 1. The zero-order valence-electron chi connectivity index (χ0n) is 19.1. The summed E-state index contributed by atoms with van der Waals surface area (Å²) in [6.45, 7) is 1.35. The smallest absolute Gasteiger partial charge is 0.339 e. The number of aromatic carboxylic acids is 1. The largest absolute Gasteiger partial charge is 0.478 e. The van der Waals surface area contributed by atoms with Crippen LogP contribution in [0.5, 0.6) is 0 Å². The average Bonchev–Trinajstić information content (AvgIpc) is 3.62. The highest BCUT2D eigenvalue weighted by Crippen LogP contribution is 2.40. The molecule has 2 heterocycles. The standard InChI is InChI=1S/C28H27N3O3/c1-34-13-3-6-19-4-2-5-20(14-19)18-31-12-11-22-15-24(9-10-26(22)31)30-27-25(28(32)33)16-23(17-29-27)21-7-8-21/h2-6,9-12,14-17,21H,7-8,13,18H2,1H3,(H,29,30)(H,32,33)/b6-3+. The summed E-state index contributed by atoms with van der Waals surface area (Å²) in [5, 5.41) is 14.0. The van der Waals surface area contributed by atoms with Crippen LogP contribution in [-0.4, -0.2) is 34.3 Å². The first-order valence-electron chi connectivity index (χ1n) is 11.4. The molecule has 1 aliphatic rings. The van der Waals surface area contributed by atoms with Gasteiger partial charge in [0.05, 0.1) is 6.61 Å². The fourth-order valence-corrected chi connectivity index (χ4v) is 4.21. The Balaban J connectivity index is 1.35. The number of aromatic nitrogens is 2. The second kappa shape index (κ2) is 9.53. The van der Waals surface area contributed by atoms with E-state index in [0.717, 1.165) is 47.1 Å². The fourth-order valence-electron chi connectivity index (χ4n) is 4.21. The third-order valence-corrected chi connectivity index (χ3v) is 6.10. The van der Waals surface area contributed by atoms with Crippen LogP contribution in [0.2, 0.25) is 0 Å². The minimum atomic E-state index is -0.968. The van der Waals surface area contributed by atoms with E-state index in [-0.39, 0.29) is 5.56 Å². The predicted octanol–water partition coefficient (Wildman–Crippen LogP) is 6.06. The highest BCUT2D eigenvalue weighted by atomic mass is 16.5. The number of carbonyl (C=O) groups is 1. The molecular weight excluding hydrogens is 426 g/mol. The summed E-state index contributed by atoms with van der Waals surface area (Å²) in [6, 6.07) is 18.3. The number of carboxylic acids is 1. The van der Waals surface area contributed by atoms with Gasteiger partial charge in [-0.1, -0.05) is 30.4 Å². The summed E-state index contributed by atoms with van der Waals surface area (Å²) in [5.74, 6) is -0.143. The number of rotatable bonds is 9. The lowest BCUT2D eigenvalue weighted by Gasteiger charge is -2.11. The maximum Gasteiger partial charge on any atom is 0.339 e. The molecule has 1 fully saturated rings. The lowest BCUT2D eigenvalue weighted by Crippen LogP contribution is -2.06. The summed E-state index contributed by atoms with van der Waals surface area (Å²) >= 11 is 0. The van der Waals surface area contributed by atoms with Crippen molar-refractivity contribution in [3.05, 3.63) is 95.3 Å². The number of ether oxygens (including phenoxy) is 1. The summed E-state index contributed by atoms with van der Waals surface area (Å²) in [4.78, 5) is 16.2. The lowest BCUT2D eigenvalue weighted by atomic mass is 10.1. The predicted molar refractivity (Wildman–Crippen MR) is 135 cm³/mol. The van der Waals surface area contributed by atoms with Gasteiger partial charge in [-0.2, -0.15) is 0 Å². The molecule has 6 heteroatoms. The van der Waals surface area contributed by atoms with Crippen LogP contribution in [0, 0.1) is 0 Å². The average molecular weight is 454 g/mol. The maximum absolute atomic E-state index is 11.8. The van der Waals surface area contributed by atoms with Crippen molar-refractivity contribution in [2.45, 2.75) is 25.3 Å². The molecule has 1 saturated carbocycles. The molecule has 5 rings (SSSR count). The maximum atomic E-state index is 11.8. The SMILES string of the molecule is COC/C=C/c1cccc(Cn2ccc3cc(Nc4ncc(C5CC5)cc4C(=O)O)ccc32)c1. The van der Waals surface area contributed by atoms with Crippen molar-refractivity contribution in [2.75, 3.05) is 19.0 Å². The Hall–Kier alpha value is -3.90. The van der Waals surface area contributed by atoms with Gasteiger partial charge in [0.25, 0.3) is 0 Å². The molecule has 0 amide bonds. The Labute approximate surface area is 198 Å². The Morgan fingerprint density at radius 3 is 2.88 bits per heavy atom. The summed E-state index contributed by atoms with van der Waals surface area (Å²) < 4.78 is 7.29. The molecule has 0 bridgehead atoms. The van der Waals surface area contributed by atoms with Gasteiger partial charge in [-0.15, -0.1) is 0 Å². The molecule has 0 atom stereocenters. The molecule has 2 aromatic carbocycles. The number of hydrogen-bond donors (Lipinski definition) is 2. The van der Waals surface area contributed by atoms with Gasteiger partial charge in [0.15, 0.2) is 0 Å².